The van der Waals surface area contributed by atoms with Crippen molar-refractivity contribution < 1.29 is 4.74 Å². The quantitative estimate of drug-likeness (QED) is 0.644. The molecule has 1 aromatic rings. The number of pyridine rings is 1. The lowest BCUT2D eigenvalue weighted by Gasteiger charge is -2.17. The van der Waals surface area contributed by atoms with E-state index in [9.17, 15) is 0 Å². The first-order chi connectivity index (χ1) is 10.2. The average Bonchev–Trinajstić information content (AvgIpc) is 2.99. The van der Waals surface area contributed by atoms with E-state index < -0.39 is 0 Å². The summed E-state index contributed by atoms with van der Waals surface area (Å²) in [5.41, 5.74) is 1.12. The van der Waals surface area contributed by atoms with Gasteiger partial charge in [0.2, 0.25) is 5.88 Å². The fraction of sp³-hybridized carbons (Fsp3) is 0.600. The number of methoxy groups -OCH3 is 1. The predicted molar refractivity (Wildman–Crippen MR) is 89.1 cm³/mol. The van der Waals surface area contributed by atoms with Crippen LogP contribution in [0.4, 0.5) is 0 Å². The van der Waals surface area contributed by atoms with E-state index >= 15 is 0 Å². The Balaban J connectivity index is 1.82. The van der Waals surface area contributed by atoms with Crippen LogP contribution >= 0.6 is 11.8 Å². The molecule has 116 valence electrons. The highest BCUT2D eigenvalue weighted by Gasteiger charge is 2.24. The van der Waals surface area contributed by atoms with Gasteiger partial charge in [0, 0.05) is 37.1 Å². The zero-order valence-electron chi connectivity index (χ0n) is 12.9. The summed E-state index contributed by atoms with van der Waals surface area (Å²) in [4.78, 5) is 8.41. The second-order valence-corrected chi connectivity index (χ2v) is 6.28. The summed E-state index contributed by atoms with van der Waals surface area (Å²) in [5.74, 6) is 1.49. The molecule has 0 aromatic carbocycles. The molecule has 2 rings (SSSR count). The maximum atomic E-state index is 5.13. The molecule has 0 radical (unpaired) electrons. The average molecular weight is 308 g/mol. The maximum Gasteiger partial charge on any atom is 0.213 e. The molecule has 0 amide bonds. The van der Waals surface area contributed by atoms with Gasteiger partial charge in [0.05, 0.1) is 7.11 Å². The van der Waals surface area contributed by atoms with Crippen molar-refractivity contribution in [2.24, 2.45) is 4.99 Å². The lowest BCUT2D eigenvalue weighted by molar-refractivity contribution is 0.397. The van der Waals surface area contributed by atoms with Crippen LogP contribution in [-0.4, -0.2) is 42.6 Å². The van der Waals surface area contributed by atoms with E-state index in [2.05, 4.69) is 26.9 Å². The number of thioether (sulfide) groups is 1. The third kappa shape index (κ3) is 4.81. The summed E-state index contributed by atoms with van der Waals surface area (Å²) in [7, 11) is 3.44. The summed E-state index contributed by atoms with van der Waals surface area (Å²) >= 11 is 1.96. The summed E-state index contributed by atoms with van der Waals surface area (Å²) in [6, 6.07) is 4.43. The van der Waals surface area contributed by atoms with E-state index in [1.54, 1.807) is 13.3 Å². The number of hydrogen-bond donors (Lipinski definition) is 2. The van der Waals surface area contributed by atoms with Gasteiger partial charge in [0.25, 0.3) is 0 Å². The molecule has 5 nitrogen and oxygen atoms in total. The van der Waals surface area contributed by atoms with Crippen molar-refractivity contribution in [1.29, 1.82) is 0 Å². The van der Waals surface area contributed by atoms with Gasteiger partial charge in [-0.1, -0.05) is 0 Å². The van der Waals surface area contributed by atoms with Crippen LogP contribution < -0.4 is 15.4 Å². The zero-order valence-corrected chi connectivity index (χ0v) is 13.7. The van der Waals surface area contributed by atoms with Crippen molar-refractivity contribution in [2.45, 2.75) is 37.1 Å². The first kappa shape index (κ1) is 15.9. The van der Waals surface area contributed by atoms with Crippen molar-refractivity contribution in [3.8, 4) is 5.88 Å². The van der Waals surface area contributed by atoms with Crippen LogP contribution in [0.1, 0.15) is 24.8 Å². The molecule has 1 aliphatic rings. The van der Waals surface area contributed by atoms with Crippen molar-refractivity contribution in [3.05, 3.63) is 23.9 Å². The van der Waals surface area contributed by atoms with Crippen LogP contribution in [0.2, 0.25) is 0 Å². The van der Waals surface area contributed by atoms with E-state index in [4.69, 9.17) is 4.74 Å². The Labute approximate surface area is 131 Å². The molecule has 1 aliphatic carbocycles. The van der Waals surface area contributed by atoms with Gasteiger partial charge in [0.1, 0.15) is 0 Å². The number of rotatable bonds is 5. The number of aromatic nitrogens is 1. The minimum absolute atomic E-state index is 0.528. The van der Waals surface area contributed by atoms with Gasteiger partial charge < -0.3 is 15.4 Å². The minimum atomic E-state index is 0.528. The summed E-state index contributed by atoms with van der Waals surface area (Å²) < 4.78 is 5.13. The van der Waals surface area contributed by atoms with Gasteiger partial charge >= 0.3 is 0 Å². The van der Waals surface area contributed by atoms with Gasteiger partial charge in [-0.2, -0.15) is 11.8 Å². The lowest BCUT2D eigenvalue weighted by Crippen LogP contribution is -2.42. The largest absolute Gasteiger partial charge is 0.481 e. The first-order valence-electron chi connectivity index (χ1n) is 7.24. The van der Waals surface area contributed by atoms with Gasteiger partial charge in [0.15, 0.2) is 5.96 Å². The van der Waals surface area contributed by atoms with Gasteiger partial charge in [-0.15, -0.1) is 0 Å². The highest BCUT2D eigenvalue weighted by molar-refractivity contribution is 7.99. The number of hydrogen-bond acceptors (Lipinski definition) is 4. The van der Waals surface area contributed by atoms with Crippen LogP contribution in [0.3, 0.4) is 0 Å². The van der Waals surface area contributed by atoms with Crippen molar-refractivity contribution in [2.75, 3.05) is 20.4 Å². The summed E-state index contributed by atoms with van der Waals surface area (Å²) in [6.45, 7) is 0.706. The maximum absolute atomic E-state index is 5.13. The fourth-order valence-electron chi connectivity index (χ4n) is 2.53. The molecule has 1 fully saturated rings. The standard InChI is InChI=1S/C15H24N4OS/c1-16-15(19-12-4-5-13(9-12)21-3)18-10-11-6-7-17-14(8-11)20-2/h6-8,12-13H,4-5,9-10H2,1-3H3,(H2,16,18,19). The third-order valence-electron chi connectivity index (χ3n) is 3.75. The van der Waals surface area contributed by atoms with Crippen molar-refractivity contribution in [1.82, 2.24) is 15.6 Å². The van der Waals surface area contributed by atoms with E-state index in [1.807, 2.05) is 30.9 Å². The van der Waals surface area contributed by atoms with Crippen molar-refractivity contribution in [3.63, 3.8) is 0 Å². The van der Waals surface area contributed by atoms with E-state index in [0.29, 0.717) is 18.5 Å². The van der Waals surface area contributed by atoms with Gasteiger partial charge in [-0.25, -0.2) is 4.98 Å². The topological polar surface area (TPSA) is 58.5 Å². The van der Waals surface area contributed by atoms with E-state index in [1.165, 1.54) is 19.3 Å². The molecular weight excluding hydrogens is 284 g/mol. The van der Waals surface area contributed by atoms with Crippen LogP contribution in [0.25, 0.3) is 0 Å². The second-order valence-electron chi connectivity index (χ2n) is 5.14. The molecule has 1 heterocycles. The molecule has 0 saturated heterocycles. The lowest BCUT2D eigenvalue weighted by atomic mass is 10.2. The molecule has 0 bridgehead atoms. The highest BCUT2D eigenvalue weighted by atomic mass is 32.2. The number of aliphatic imine (C=N–C) groups is 1. The Morgan fingerprint density at radius 2 is 2.38 bits per heavy atom. The van der Waals surface area contributed by atoms with Crippen LogP contribution in [0, 0.1) is 0 Å². The highest BCUT2D eigenvalue weighted by Crippen LogP contribution is 2.27. The number of guanidine groups is 1. The Hall–Kier alpha value is -1.43. The number of nitrogens with one attached hydrogen (secondary N) is 2. The second kappa shape index (κ2) is 8.12. The molecular formula is C15H24N4OS. The molecule has 1 aromatic heterocycles. The number of nitrogens with zero attached hydrogens (tertiary/aromatic N) is 2. The molecule has 2 N–H and O–H groups in total. The zero-order chi connectivity index (χ0) is 15.1. The fourth-order valence-corrected chi connectivity index (χ4v) is 3.33. The summed E-state index contributed by atoms with van der Waals surface area (Å²) in [5, 5.41) is 7.64. The minimum Gasteiger partial charge on any atom is -0.481 e. The van der Waals surface area contributed by atoms with E-state index in [0.717, 1.165) is 16.8 Å². The predicted octanol–water partition coefficient (Wildman–Crippen LogP) is 2.04. The SMILES string of the molecule is CN=C(NCc1ccnc(OC)c1)NC1CCC(SC)C1. The number of ether oxygens (including phenoxy) is 1. The normalized spacial score (nSPS) is 22.1. The van der Waals surface area contributed by atoms with Crippen LogP contribution in [0.15, 0.2) is 23.3 Å². The van der Waals surface area contributed by atoms with Gasteiger partial charge in [-0.05, 0) is 37.1 Å². The Kier molecular flexibility index (Phi) is 6.17. The van der Waals surface area contributed by atoms with E-state index in [-0.39, 0.29) is 0 Å². The monoisotopic (exact) mass is 308 g/mol. The molecule has 2 unspecified atom stereocenters. The summed E-state index contributed by atoms with van der Waals surface area (Å²) in [6.07, 6.45) is 7.67. The van der Waals surface area contributed by atoms with Crippen LogP contribution in [0.5, 0.6) is 5.88 Å². The van der Waals surface area contributed by atoms with Crippen LogP contribution in [-0.2, 0) is 6.54 Å². The molecule has 6 heteroatoms. The molecule has 2 atom stereocenters. The van der Waals surface area contributed by atoms with Gasteiger partial charge in [-0.3, -0.25) is 4.99 Å². The third-order valence-corrected chi connectivity index (χ3v) is 4.85. The Bertz CT molecular complexity index is 480. The smallest absolute Gasteiger partial charge is 0.213 e. The molecule has 0 aliphatic heterocycles. The first-order valence-corrected chi connectivity index (χ1v) is 8.52. The molecule has 1 saturated carbocycles. The molecule has 21 heavy (non-hydrogen) atoms. The Morgan fingerprint density at radius 3 is 3.05 bits per heavy atom. The van der Waals surface area contributed by atoms with Crippen molar-refractivity contribution >= 4 is 17.7 Å². The molecule has 0 spiro atoms. The Morgan fingerprint density at radius 1 is 1.52 bits per heavy atom.